The summed E-state index contributed by atoms with van der Waals surface area (Å²) in [6.07, 6.45) is 3.01. The quantitative estimate of drug-likeness (QED) is 0.829. The van der Waals surface area contributed by atoms with Crippen LogP contribution in [-0.4, -0.2) is 48.8 Å². The highest BCUT2D eigenvalue weighted by Gasteiger charge is 2.35. The van der Waals surface area contributed by atoms with Gasteiger partial charge in [0.1, 0.15) is 18.0 Å². The molecule has 1 amide bonds. The van der Waals surface area contributed by atoms with Crippen molar-refractivity contribution in [3.63, 3.8) is 0 Å². The standard InChI is InChI=1S/C17H22Cl2N2O3.ClH/c18-14-5-3-11(8-15(14)19)23-13-2-1-7-21(10-13)17(22)16-6-4-12(9-20)24-16;/h3,5,8,12-13,16H,1-2,4,6-7,9-10,20H2;1H/t12-,13?,16+;/m1./s1. The first-order valence-corrected chi connectivity index (χ1v) is 9.08. The highest BCUT2D eigenvalue weighted by atomic mass is 35.5. The van der Waals surface area contributed by atoms with Crippen LogP contribution in [0, 0.1) is 0 Å². The average molecular weight is 410 g/mol. The summed E-state index contributed by atoms with van der Waals surface area (Å²) in [7, 11) is 0. The molecule has 1 unspecified atom stereocenters. The van der Waals surface area contributed by atoms with E-state index in [4.69, 9.17) is 38.4 Å². The van der Waals surface area contributed by atoms with E-state index in [1.807, 2.05) is 4.90 Å². The van der Waals surface area contributed by atoms with Crippen LogP contribution in [-0.2, 0) is 9.53 Å². The smallest absolute Gasteiger partial charge is 0.251 e. The lowest BCUT2D eigenvalue weighted by molar-refractivity contribution is -0.145. The van der Waals surface area contributed by atoms with Crippen LogP contribution in [0.5, 0.6) is 5.75 Å². The lowest BCUT2D eigenvalue weighted by Crippen LogP contribution is -2.48. The molecule has 0 spiro atoms. The van der Waals surface area contributed by atoms with Gasteiger partial charge in [-0.3, -0.25) is 4.79 Å². The van der Waals surface area contributed by atoms with E-state index in [2.05, 4.69) is 0 Å². The molecule has 5 nitrogen and oxygen atoms in total. The number of nitrogens with zero attached hydrogens (tertiary/aromatic N) is 1. The second-order valence-electron chi connectivity index (χ2n) is 6.30. The van der Waals surface area contributed by atoms with Crippen LogP contribution in [0.15, 0.2) is 18.2 Å². The van der Waals surface area contributed by atoms with E-state index in [0.717, 1.165) is 32.2 Å². The van der Waals surface area contributed by atoms with Gasteiger partial charge in [0.2, 0.25) is 0 Å². The van der Waals surface area contributed by atoms with E-state index in [9.17, 15) is 4.79 Å². The van der Waals surface area contributed by atoms with E-state index in [1.165, 1.54) is 0 Å². The Morgan fingerprint density at radius 1 is 1.28 bits per heavy atom. The Morgan fingerprint density at radius 3 is 2.76 bits per heavy atom. The van der Waals surface area contributed by atoms with E-state index in [0.29, 0.717) is 28.9 Å². The number of likely N-dealkylation sites (tertiary alicyclic amines) is 1. The third kappa shape index (κ3) is 5.14. The van der Waals surface area contributed by atoms with Gasteiger partial charge in [0.05, 0.1) is 22.7 Å². The summed E-state index contributed by atoms with van der Waals surface area (Å²) in [5.41, 5.74) is 5.62. The number of hydrogen-bond acceptors (Lipinski definition) is 4. The Morgan fingerprint density at radius 2 is 2.08 bits per heavy atom. The maximum absolute atomic E-state index is 12.6. The van der Waals surface area contributed by atoms with Crippen LogP contribution in [0.3, 0.4) is 0 Å². The molecule has 0 aliphatic carbocycles. The minimum absolute atomic E-state index is 0. The van der Waals surface area contributed by atoms with Gasteiger partial charge in [0.25, 0.3) is 5.91 Å². The van der Waals surface area contributed by atoms with Crippen LogP contribution in [0.25, 0.3) is 0 Å². The Labute approximate surface area is 164 Å². The molecule has 3 rings (SSSR count). The van der Waals surface area contributed by atoms with Crippen molar-refractivity contribution in [1.29, 1.82) is 0 Å². The number of carbonyl (C=O) groups is 1. The number of nitrogens with two attached hydrogens (primary N) is 1. The normalized spacial score (nSPS) is 26.2. The van der Waals surface area contributed by atoms with Gasteiger partial charge in [0.15, 0.2) is 0 Å². The molecule has 2 fully saturated rings. The van der Waals surface area contributed by atoms with Crippen molar-refractivity contribution >= 4 is 41.5 Å². The Hall–Kier alpha value is -0.720. The van der Waals surface area contributed by atoms with E-state index in [1.54, 1.807) is 18.2 Å². The van der Waals surface area contributed by atoms with Gasteiger partial charge in [-0.1, -0.05) is 23.2 Å². The molecule has 2 N–H and O–H groups in total. The molecule has 1 aromatic carbocycles. The van der Waals surface area contributed by atoms with Crippen molar-refractivity contribution in [2.75, 3.05) is 19.6 Å². The van der Waals surface area contributed by atoms with E-state index >= 15 is 0 Å². The second-order valence-corrected chi connectivity index (χ2v) is 7.12. The van der Waals surface area contributed by atoms with Crippen molar-refractivity contribution < 1.29 is 14.3 Å². The maximum atomic E-state index is 12.6. The van der Waals surface area contributed by atoms with Crippen LogP contribution in [0.2, 0.25) is 10.0 Å². The molecule has 2 heterocycles. The number of carbonyl (C=O) groups excluding carboxylic acids is 1. The van der Waals surface area contributed by atoms with Gasteiger partial charge >= 0.3 is 0 Å². The summed E-state index contributed by atoms with van der Waals surface area (Å²) in [6.45, 7) is 1.77. The first kappa shape index (κ1) is 20.6. The van der Waals surface area contributed by atoms with Crippen molar-refractivity contribution in [1.82, 2.24) is 4.90 Å². The Kier molecular flexibility index (Phi) is 7.65. The molecule has 25 heavy (non-hydrogen) atoms. The van der Waals surface area contributed by atoms with Gasteiger partial charge < -0.3 is 20.1 Å². The molecule has 2 aliphatic rings. The molecular weight excluding hydrogens is 387 g/mol. The van der Waals surface area contributed by atoms with Crippen molar-refractivity contribution in [3.05, 3.63) is 28.2 Å². The monoisotopic (exact) mass is 408 g/mol. The second kappa shape index (κ2) is 9.28. The van der Waals surface area contributed by atoms with Crippen molar-refractivity contribution in [2.45, 2.75) is 44.0 Å². The molecule has 0 radical (unpaired) electrons. The molecule has 140 valence electrons. The lowest BCUT2D eigenvalue weighted by Gasteiger charge is -2.34. The number of benzene rings is 1. The third-order valence-corrected chi connectivity index (χ3v) is 5.27. The minimum Gasteiger partial charge on any atom is -0.489 e. The van der Waals surface area contributed by atoms with Gasteiger partial charge in [0, 0.05) is 19.2 Å². The molecule has 3 atom stereocenters. The van der Waals surface area contributed by atoms with Gasteiger partial charge in [-0.05, 0) is 37.8 Å². The number of ether oxygens (including phenoxy) is 2. The predicted octanol–water partition coefficient (Wildman–Crippen LogP) is 3.29. The van der Waals surface area contributed by atoms with Crippen LogP contribution >= 0.6 is 35.6 Å². The summed E-state index contributed by atoms with van der Waals surface area (Å²) in [5, 5.41) is 0.961. The zero-order valence-electron chi connectivity index (χ0n) is 13.8. The molecule has 0 bridgehead atoms. The number of rotatable bonds is 4. The summed E-state index contributed by atoms with van der Waals surface area (Å²) in [6, 6.07) is 5.21. The Bertz CT molecular complexity index is 603. The Balaban J connectivity index is 0.00000225. The first-order chi connectivity index (χ1) is 11.6. The number of hydrogen-bond donors (Lipinski definition) is 1. The number of amides is 1. The topological polar surface area (TPSA) is 64.8 Å². The fourth-order valence-electron chi connectivity index (χ4n) is 3.24. The summed E-state index contributed by atoms with van der Waals surface area (Å²) < 4.78 is 11.7. The van der Waals surface area contributed by atoms with Crippen molar-refractivity contribution in [3.8, 4) is 5.75 Å². The third-order valence-electron chi connectivity index (χ3n) is 4.53. The highest BCUT2D eigenvalue weighted by Crippen LogP contribution is 2.28. The molecule has 0 saturated carbocycles. The van der Waals surface area contributed by atoms with Gasteiger partial charge in [-0.25, -0.2) is 0 Å². The molecule has 1 aromatic rings. The average Bonchev–Trinajstić information content (AvgIpc) is 3.07. The van der Waals surface area contributed by atoms with Crippen LogP contribution in [0.4, 0.5) is 0 Å². The number of piperidine rings is 1. The lowest BCUT2D eigenvalue weighted by atomic mass is 10.1. The minimum atomic E-state index is -0.359. The van der Waals surface area contributed by atoms with Crippen LogP contribution < -0.4 is 10.5 Å². The predicted molar refractivity (Wildman–Crippen MR) is 101 cm³/mol. The first-order valence-electron chi connectivity index (χ1n) is 8.33. The summed E-state index contributed by atoms with van der Waals surface area (Å²) in [5.74, 6) is 0.720. The van der Waals surface area contributed by atoms with Crippen LogP contribution in [0.1, 0.15) is 25.7 Å². The van der Waals surface area contributed by atoms with Crippen molar-refractivity contribution in [2.24, 2.45) is 5.73 Å². The molecule has 0 aromatic heterocycles. The molecule has 2 saturated heterocycles. The van der Waals surface area contributed by atoms with Gasteiger partial charge in [-0.15, -0.1) is 12.4 Å². The fraction of sp³-hybridized carbons (Fsp3) is 0.588. The molecule has 2 aliphatic heterocycles. The zero-order chi connectivity index (χ0) is 17.1. The molecule has 8 heteroatoms. The summed E-state index contributed by atoms with van der Waals surface area (Å²) >= 11 is 11.9. The summed E-state index contributed by atoms with van der Waals surface area (Å²) in [4.78, 5) is 14.5. The largest absolute Gasteiger partial charge is 0.489 e. The number of halogens is 3. The fourth-order valence-corrected chi connectivity index (χ4v) is 3.53. The SMILES string of the molecule is Cl.NC[C@H]1CC[C@@H](C(=O)N2CCCC(Oc3ccc(Cl)c(Cl)c3)C2)O1. The molecular formula is C17H23Cl3N2O3. The van der Waals surface area contributed by atoms with Gasteiger partial charge in [-0.2, -0.15) is 0 Å². The zero-order valence-corrected chi connectivity index (χ0v) is 16.2. The maximum Gasteiger partial charge on any atom is 0.251 e. The van der Waals surface area contributed by atoms with E-state index < -0.39 is 0 Å². The highest BCUT2D eigenvalue weighted by molar-refractivity contribution is 6.42. The van der Waals surface area contributed by atoms with E-state index in [-0.39, 0.29) is 36.6 Å².